The van der Waals surface area contributed by atoms with E-state index in [-0.39, 0.29) is 11.8 Å². The van der Waals surface area contributed by atoms with Gasteiger partial charge in [0.25, 0.3) is 11.8 Å². The van der Waals surface area contributed by atoms with E-state index in [0.29, 0.717) is 29.2 Å². The molecule has 0 fully saturated rings. The number of hydrogen-bond donors (Lipinski definition) is 2. The van der Waals surface area contributed by atoms with E-state index in [1.165, 1.54) is 17.7 Å². The summed E-state index contributed by atoms with van der Waals surface area (Å²) in [5.41, 5.74) is 3.26. The van der Waals surface area contributed by atoms with Crippen LogP contribution in [-0.4, -0.2) is 26.6 Å². The minimum atomic E-state index is -0.173. The molecule has 2 aromatic carbocycles. The molecule has 0 atom stereocenters. The van der Waals surface area contributed by atoms with Crippen molar-refractivity contribution in [2.75, 3.05) is 5.32 Å². The van der Waals surface area contributed by atoms with Crippen LogP contribution in [0, 0.1) is 0 Å². The molecule has 2 N–H and O–H groups in total. The molecular formula is C22H19N5O2S. The van der Waals surface area contributed by atoms with Crippen molar-refractivity contribution in [3.8, 4) is 0 Å². The van der Waals surface area contributed by atoms with Gasteiger partial charge in [-0.25, -0.2) is 9.67 Å². The third kappa shape index (κ3) is 4.98. The van der Waals surface area contributed by atoms with Gasteiger partial charge in [0.1, 0.15) is 12.7 Å². The third-order valence-corrected chi connectivity index (χ3v) is 5.27. The Kier molecular flexibility index (Phi) is 5.95. The van der Waals surface area contributed by atoms with E-state index in [2.05, 4.69) is 20.7 Å². The number of carbonyl (C=O) groups excluding carboxylic acids is 2. The number of nitrogens with one attached hydrogen (secondary N) is 2. The van der Waals surface area contributed by atoms with Crippen molar-refractivity contribution in [3.63, 3.8) is 0 Å². The fourth-order valence-electron chi connectivity index (χ4n) is 2.93. The molecule has 30 heavy (non-hydrogen) atoms. The van der Waals surface area contributed by atoms with E-state index in [9.17, 15) is 9.59 Å². The van der Waals surface area contributed by atoms with E-state index in [1.54, 1.807) is 41.3 Å². The highest BCUT2D eigenvalue weighted by Gasteiger charge is 2.09. The molecular weight excluding hydrogens is 398 g/mol. The number of carbonyl (C=O) groups is 2. The molecule has 0 saturated heterocycles. The molecule has 0 bridgehead atoms. The fraction of sp³-hybridized carbons (Fsp3) is 0.0909. The number of rotatable bonds is 7. The molecule has 2 heterocycles. The average Bonchev–Trinajstić information content (AvgIpc) is 3.47. The minimum absolute atomic E-state index is 0.159. The van der Waals surface area contributed by atoms with Gasteiger partial charge in [-0.3, -0.25) is 9.59 Å². The summed E-state index contributed by atoms with van der Waals surface area (Å²) < 4.78 is 1.75. The van der Waals surface area contributed by atoms with Crippen LogP contribution in [0.15, 0.2) is 78.7 Å². The van der Waals surface area contributed by atoms with E-state index >= 15 is 0 Å². The van der Waals surface area contributed by atoms with Gasteiger partial charge in [-0.15, -0.1) is 11.3 Å². The highest BCUT2D eigenvalue weighted by Crippen LogP contribution is 2.14. The zero-order valence-electron chi connectivity index (χ0n) is 16.0. The van der Waals surface area contributed by atoms with Crippen LogP contribution in [0.1, 0.15) is 31.2 Å². The van der Waals surface area contributed by atoms with Crippen LogP contribution in [0.3, 0.4) is 0 Å². The molecule has 4 rings (SSSR count). The smallest absolute Gasteiger partial charge is 0.265 e. The van der Waals surface area contributed by atoms with E-state index in [1.807, 2.05) is 35.7 Å². The van der Waals surface area contributed by atoms with E-state index < -0.39 is 0 Å². The number of thiophene rings is 1. The topological polar surface area (TPSA) is 88.9 Å². The monoisotopic (exact) mass is 417 g/mol. The number of hydrogen-bond acceptors (Lipinski definition) is 5. The zero-order chi connectivity index (χ0) is 20.8. The first kappa shape index (κ1) is 19.5. The van der Waals surface area contributed by atoms with Crippen LogP contribution in [-0.2, 0) is 13.1 Å². The lowest BCUT2D eigenvalue weighted by Gasteiger charge is -2.09. The van der Waals surface area contributed by atoms with Crippen LogP contribution >= 0.6 is 11.3 Å². The SMILES string of the molecule is O=C(NCc1cccc(Cn2cncn2)c1)c1ccc(NC(=O)c2cccs2)cc1. The van der Waals surface area contributed by atoms with Crippen molar-refractivity contribution in [1.29, 1.82) is 0 Å². The summed E-state index contributed by atoms with van der Waals surface area (Å²) in [4.78, 5) is 29.1. The molecule has 2 aromatic heterocycles. The number of anilines is 1. The molecule has 0 radical (unpaired) electrons. The molecule has 0 aliphatic heterocycles. The molecule has 4 aromatic rings. The van der Waals surface area contributed by atoms with Crippen molar-refractivity contribution in [2.45, 2.75) is 13.1 Å². The maximum absolute atomic E-state index is 12.5. The lowest BCUT2D eigenvalue weighted by atomic mass is 10.1. The van der Waals surface area contributed by atoms with Gasteiger partial charge >= 0.3 is 0 Å². The fourth-order valence-corrected chi connectivity index (χ4v) is 3.55. The Morgan fingerprint density at radius 1 is 0.967 bits per heavy atom. The number of benzene rings is 2. The van der Waals surface area contributed by atoms with Gasteiger partial charge in [-0.1, -0.05) is 30.3 Å². The van der Waals surface area contributed by atoms with Gasteiger partial charge in [-0.05, 0) is 46.8 Å². The Morgan fingerprint density at radius 3 is 2.53 bits per heavy atom. The van der Waals surface area contributed by atoms with Crippen molar-refractivity contribution < 1.29 is 9.59 Å². The summed E-state index contributed by atoms with van der Waals surface area (Å²) in [6.07, 6.45) is 3.17. The van der Waals surface area contributed by atoms with Crippen LogP contribution in [0.2, 0.25) is 0 Å². The average molecular weight is 417 g/mol. The second kappa shape index (κ2) is 9.15. The largest absolute Gasteiger partial charge is 0.348 e. The normalized spacial score (nSPS) is 10.5. The van der Waals surface area contributed by atoms with E-state index in [4.69, 9.17) is 0 Å². The van der Waals surface area contributed by atoms with Crippen molar-refractivity contribution in [2.24, 2.45) is 0 Å². The Hall–Kier alpha value is -3.78. The molecule has 8 heteroatoms. The van der Waals surface area contributed by atoms with Crippen molar-refractivity contribution >= 4 is 28.8 Å². The van der Waals surface area contributed by atoms with E-state index in [0.717, 1.165) is 11.1 Å². The maximum Gasteiger partial charge on any atom is 0.265 e. The summed E-state index contributed by atoms with van der Waals surface area (Å²) in [5.74, 6) is -0.333. The first-order valence-corrected chi connectivity index (χ1v) is 10.2. The summed E-state index contributed by atoms with van der Waals surface area (Å²) >= 11 is 1.38. The van der Waals surface area contributed by atoms with Gasteiger partial charge in [0.15, 0.2) is 0 Å². The first-order valence-electron chi connectivity index (χ1n) is 9.31. The van der Waals surface area contributed by atoms with Gasteiger partial charge in [0.2, 0.25) is 0 Å². The zero-order valence-corrected chi connectivity index (χ0v) is 16.8. The highest BCUT2D eigenvalue weighted by molar-refractivity contribution is 7.12. The summed E-state index contributed by atoms with van der Waals surface area (Å²) in [6, 6.07) is 18.4. The highest BCUT2D eigenvalue weighted by atomic mass is 32.1. The second-order valence-electron chi connectivity index (χ2n) is 6.60. The quantitative estimate of drug-likeness (QED) is 0.481. The Labute approximate surface area is 177 Å². The molecule has 0 aliphatic carbocycles. The number of amides is 2. The van der Waals surface area contributed by atoms with Crippen LogP contribution in [0.4, 0.5) is 5.69 Å². The molecule has 0 saturated carbocycles. The molecule has 7 nitrogen and oxygen atoms in total. The molecule has 2 amide bonds. The van der Waals surface area contributed by atoms with Crippen LogP contribution in [0.5, 0.6) is 0 Å². The minimum Gasteiger partial charge on any atom is -0.348 e. The molecule has 0 unspecified atom stereocenters. The van der Waals surface area contributed by atoms with Gasteiger partial charge in [-0.2, -0.15) is 5.10 Å². The predicted molar refractivity (Wildman–Crippen MR) is 115 cm³/mol. The Morgan fingerprint density at radius 2 is 1.80 bits per heavy atom. The van der Waals surface area contributed by atoms with Gasteiger partial charge < -0.3 is 10.6 Å². The summed E-state index contributed by atoms with van der Waals surface area (Å²) in [6.45, 7) is 1.04. The second-order valence-corrected chi connectivity index (χ2v) is 7.55. The van der Waals surface area contributed by atoms with Gasteiger partial charge in [0.05, 0.1) is 11.4 Å². The standard InChI is InChI=1S/C22H19N5O2S/c28-21(18-6-8-19(9-7-18)26-22(29)20-5-2-10-30-20)24-12-16-3-1-4-17(11-16)13-27-15-23-14-25-27/h1-11,14-15H,12-13H2,(H,24,28)(H,26,29). The first-order chi connectivity index (χ1) is 14.7. The summed E-state index contributed by atoms with van der Waals surface area (Å²) in [7, 11) is 0. The third-order valence-electron chi connectivity index (χ3n) is 4.41. The molecule has 0 spiro atoms. The Bertz CT molecular complexity index is 1120. The molecule has 0 aliphatic rings. The van der Waals surface area contributed by atoms with Gasteiger partial charge in [0, 0.05) is 17.8 Å². The van der Waals surface area contributed by atoms with Crippen LogP contribution in [0.25, 0.3) is 0 Å². The number of aromatic nitrogens is 3. The predicted octanol–water partition coefficient (Wildman–Crippen LogP) is 3.57. The lowest BCUT2D eigenvalue weighted by molar-refractivity contribution is 0.0950. The number of nitrogens with zero attached hydrogens (tertiary/aromatic N) is 3. The summed E-state index contributed by atoms with van der Waals surface area (Å²) in [5, 5.41) is 11.7. The van der Waals surface area contributed by atoms with Crippen LogP contribution < -0.4 is 10.6 Å². The maximum atomic E-state index is 12.5. The molecule has 150 valence electrons. The Balaban J connectivity index is 1.32. The van der Waals surface area contributed by atoms with Crippen molar-refractivity contribution in [3.05, 3.63) is 100 Å². The lowest BCUT2D eigenvalue weighted by Crippen LogP contribution is -2.22. The van der Waals surface area contributed by atoms with Crippen molar-refractivity contribution in [1.82, 2.24) is 20.1 Å².